The average molecular weight is 249 g/mol. The number of fused-ring (bicyclic) bond motifs is 1. The van der Waals surface area contributed by atoms with Crippen LogP contribution in [0, 0.1) is 5.92 Å². The van der Waals surface area contributed by atoms with Crippen molar-refractivity contribution >= 4 is 11.7 Å². The number of hydrogen-bond donors (Lipinski definition) is 2. The molecule has 4 nitrogen and oxygen atoms in total. The molecule has 0 amide bonds. The summed E-state index contributed by atoms with van der Waals surface area (Å²) in [6.45, 7) is 3.98. The second-order valence-corrected chi connectivity index (χ2v) is 4.99. The van der Waals surface area contributed by atoms with E-state index in [1.807, 2.05) is 13.0 Å². The van der Waals surface area contributed by atoms with Crippen LogP contribution in [0.4, 0.5) is 5.69 Å². The fourth-order valence-corrected chi connectivity index (χ4v) is 2.43. The number of aliphatic hydroxyl groups excluding tert-OH is 1. The molecular weight excluding hydrogens is 230 g/mol. The van der Waals surface area contributed by atoms with Crippen LogP contribution in [-0.2, 0) is 6.42 Å². The Bertz CT molecular complexity index is 445. The van der Waals surface area contributed by atoms with Crippen LogP contribution in [0.3, 0.4) is 0 Å². The maximum atomic E-state index is 10.9. The van der Waals surface area contributed by atoms with E-state index in [9.17, 15) is 4.79 Å². The number of carboxylic acid groups (broad SMARTS) is 1. The van der Waals surface area contributed by atoms with Crippen LogP contribution < -0.4 is 4.90 Å². The van der Waals surface area contributed by atoms with Gasteiger partial charge in [-0.1, -0.05) is 6.92 Å². The average Bonchev–Trinajstić information content (AvgIpc) is 2.38. The largest absolute Gasteiger partial charge is 0.478 e. The summed E-state index contributed by atoms with van der Waals surface area (Å²) in [5.74, 6) is -0.645. The van der Waals surface area contributed by atoms with Gasteiger partial charge in [-0.15, -0.1) is 0 Å². The van der Waals surface area contributed by atoms with Gasteiger partial charge in [0.2, 0.25) is 0 Å². The van der Waals surface area contributed by atoms with Gasteiger partial charge in [-0.25, -0.2) is 4.79 Å². The molecule has 0 aromatic heterocycles. The molecule has 0 radical (unpaired) electrons. The quantitative estimate of drug-likeness (QED) is 0.853. The molecule has 0 aliphatic carbocycles. The van der Waals surface area contributed by atoms with Gasteiger partial charge in [0.15, 0.2) is 0 Å². The van der Waals surface area contributed by atoms with Crippen LogP contribution in [0.25, 0.3) is 0 Å². The summed E-state index contributed by atoms with van der Waals surface area (Å²) in [6.07, 6.45) is 1.97. The number of anilines is 1. The lowest BCUT2D eigenvalue weighted by atomic mass is 9.98. The number of carbonyl (C=O) groups is 1. The number of aryl methyl sites for hydroxylation is 1. The minimum Gasteiger partial charge on any atom is -0.478 e. The third kappa shape index (κ3) is 2.64. The zero-order chi connectivity index (χ0) is 13.1. The van der Waals surface area contributed by atoms with Gasteiger partial charge in [-0.3, -0.25) is 0 Å². The molecule has 1 atom stereocenters. The van der Waals surface area contributed by atoms with Gasteiger partial charge in [-0.2, -0.15) is 0 Å². The van der Waals surface area contributed by atoms with Crippen LogP contribution in [0.1, 0.15) is 29.3 Å². The van der Waals surface area contributed by atoms with Gasteiger partial charge in [0.25, 0.3) is 0 Å². The van der Waals surface area contributed by atoms with E-state index in [0.717, 1.165) is 37.2 Å². The molecule has 1 aliphatic rings. The number of hydrogen-bond acceptors (Lipinski definition) is 3. The molecular formula is C14H19NO3. The first-order chi connectivity index (χ1) is 8.61. The van der Waals surface area contributed by atoms with Gasteiger partial charge >= 0.3 is 5.97 Å². The fraction of sp³-hybridized carbons (Fsp3) is 0.500. The standard InChI is InChI=1S/C14H19NO3/c1-10(9-16)8-15-6-2-3-11-7-12(14(17)18)4-5-13(11)15/h4-5,7,10,16H,2-3,6,8-9H2,1H3,(H,17,18). The van der Waals surface area contributed by atoms with E-state index >= 15 is 0 Å². The van der Waals surface area contributed by atoms with E-state index in [0.29, 0.717) is 5.56 Å². The number of nitrogens with zero attached hydrogens (tertiary/aromatic N) is 1. The highest BCUT2D eigenvalue weighted by molar-refractivity contribution is 5.88. The maximum absolute atomic E-state index is 10.9. The van der Waals surface area contributed by atoms with Gasteiger partial charge in [0.1, 0.15) is 0 Å². The summed E-state index contributed by atoms with van der Waals surface area (Å²) in [6, 6.07) is 5.32. The summed E-state index contributed by atoms with van der Waals surface area (Å²) in [5, 5.41) is 18.1. The third-order valence-electron chi connectivity index (χ3n) is 3.39. The van der Waals surface area contributed by atoms with E-state index in [1.54, 1.807) is 12.1 Å². The molecule has 1 aliphatic heterocycles. The number of carboxylic acids is 1. The number of benzene rings is 1. The van der Waals surface area contributed by atoms with Crippen molar-refractivity contribution in [2.45, 2.75) is 19.8 Å². The normalized spacial score (nSPS) is 16.2. The molecule has 1 unspecified atom stereocenters. The number of aromatic carboxylic acids is 1. The molecule has 0 saturated carbocycles. The highest BCUT2D eigenvalue weighted by Gasteiger charge is 2.19. The molecule has 4 heteroatoms. The minimum atomic E-state index is -0.876. The monoisotopic (exact) mass is 249 g/mol. The van der Waals surface area contributed by atoms with Gasteiger partial charge < -0.3 is 15.1 Å². The van der Waals surface area contributed by atoms with Crippen LogP contribution in [0.15, 0.2) is 18.2 Å². The van der Waals surface area contributed by atoms with Gasteiger partial charge in [-0.05, 0) is 42.5 Å². The fourth-order valence-electron chi connectivity index (χ4n) is 2.43. The molecule has 2 rings (SSSR count). The number of rotatable bonds is 4. The van der Waals surface area contributed by atoms with Crippen molar-refractivity contribution in [3.8, 4) is 0 Å². The Morgan fingerprint density at radius 2 is 2.28 bits per heavy atom. The molecule has 0 fully saturated rings. The molecule has 2 N–H and O–H groups in total. The Morgan fingerprint density at radius 3 is 2.94 bits per heavy atom. The zero-order valence-electron chi connectivity index (χ0n) is 10.6. The van der Waals surface area contributed by atoms with Crippen molar-refractivity contribution in [1.29, 1.82) is 0 Å². The first-order valence-electron chi connectivity index (χ1n) is 6.34. The highest BCUT2D eigenvalue weighted by Crippen LogP contribution is 2.28. The van der Waals surface area contributed by atoms with Crippen molar-refractivity contribution in [2.75, 3.05) is 24.6 Å². The summed E-state index contributed by atoms with van der Waals surface area (Å²) in [5.41, 5.74) is 2.57. The summed E-state index contributed by atoms with van der Waals surface area (Å²) in [7, 11) is 0. The zero-order valence-corrected chi connectivity index (χ0v) is 10.6. The lowest BCUT2D eigenvalue weighted by molar-refractivity contribution is 0.0697. The van der Waals surface area contributed by atoms with Crippen LogP contribution >= 0.6 is 0 Å². The molecule has 0 saturated heterocycles. The minimum absolute atomic E-state index is 0.180. The second kappa shape index (κ2) is 5.40. The molecule has 18 heavy (non-hydrogen) atoms. The first kappa shape index (κ1) is 12.9. The Balaban J connectivity index is 2.24. The molecule has 1 heterocycles. The summed E-state index contributed by atoms with van der Waals surface area (Å²) >= 11 is 0. The summed E-state index contributed by atoms with van der Waals surface area (Å²) in [4.78, 5) is 13.2. The molecule has 0 bridgehead atoms. The third-order valence-corrected chi connectivity index (χ3v) is 3.39. The van der Waals surface area contributed by atoms with E-state index < -0.39 is 5.97 Å². The molecule has 1 aromatic carbocycles. The van der Waals surface area contributed by atoms with Crippen LogP contribution in [-0.4, -0.2) is 35.9 Å². The van der Waals surface area contributed by atoms with Crippen molar-refractivity contribution < 1.29 is 15.0 Å². The van der Waals surface area contributed by atoms with E-state index in [4.69, 9.17) is 10.2 Å². The SMILES string of the molecule is CC(CO)CN1CCCc2cc(C(=O)O)ccc21. The lowest BCUT2D eigenvalue weighted by Gasteiger charge is -2.33. The summed E-state index contributed by atoms with van der Waals surface area (Å²) < 4.78 is 0. The van der Waals surface area contributed by atoms with E-state index in [-0.39, 0.29) is 12.5 Å². The predicted molar refractivity (Wildman–Crippen MR) is 70.2 cm³/mol. The Hall–Kier alpha value is -1.55. The van der Waals surface area contributed by atoms with Crippen molar-refractivity contribution in [2.24, 2.45) is 5.92 Å². The smallest absolute Gasteiger partial charge is 0.335 e. The van der Waals surface area contributed by atoms with Gasteiger partial charge in [0.05, 0.1) is 5.56 Å². The topological polar surface area (TPSA) is 60.8 Å². The van der Waals surface area contributed by atoms with Crippen molar-refractivity contribution in [1.82, 2.24) is 0 Å². The van der Waals surface area contributed by atoms with Crippen molar-refractivity contribution in [3.63, 3.8) is 0 Å². The predicted octanol–water partition coefficient (Wildman–Crippen LogP) is 1.77. The molecule has 1 aromatic rings. The Kier molecular flexibility index (Phi) is 3.87. The van der Waals surface area contributed by atoms with Crippen molar-refractivity contribution in [3.05, 3.63) is 29.3 Å². The van der Waals surface area contributed by atoms with Crippen LogP contribution in [0.5, 0.6) is 0 Å². The lowest BCUT2D eigenvalue weighted by Crippen LogP contribution is -2.34. The number of aliphatic hydroxyl groups is 1. The van der Waals surface area contributed by atoms with E-state index in [2.05, 4.69) is 4.90 Å². The highest BCUT2D eigenvalue weighted by atomic mass is 16.4. The van der Waals surface area contributed by atoms with E-state index in [1.165, 1.54) is 0 Å². The molecule has 0 spiro atoms. The van der Waals surface area contributed by atoms with Crippen LogP contribution in [0.2, 0.25) is 0 Å². The Morgan fingerprint density at radius 1 is 1.50 bits per heavy atom. The maximum Gasteiger partial charge on any atom is 0.335 e. The molecule has 98 valence electrons. The Labute approximate surface area is 107 Å². The first-order valence-corrected chi connectivity index (χ1v) is 6.34. The van der Waals surface area contributed by atoms with Gasteiger partial charge in [0, 0.05) is 25.4 Å². The second-order valence-electron chi connectivity index (χ2n) is 4.99.